The Bertz CT molecular complexity index is 1310. The first-order valence-electron chi connectivity index (χ1n) is 12.2. The maximum Gasteiger partial charge on any atom is 0.274 e. The van der Waals surface area contributed by atoms with Gasteiger partial charge in [0.25, 0.3) is 11.5 Å². The van der Waals surface area contributed by atoms with Crippen molar-refractivity contribution < 1.29 is 13.9 Å². The number of fused-ring (bicyclic) bond motifs is 1. The second-order valence-electron chi connectivity index (χ2n) is 9.19. The van der Waals surface area contributed by atoms with Crippen molar-refractivity contribution >= 4 is 28.9 Å². The Morgan fingerprint density at radius 1 is 1.31 bits per heavy atom. The number of halogens is 1. The summed E-state index contributed by atoms with van der Waals surface area (Å²) in [6, 6.07) is 5.18. The van der Waals surface area contributed by atoms with Crippen molar-refractivity contribution in [3.63, 3.8) is 0 Å². The summed E-state index contributed by atoms with van der Waals surface area (Å²) in [5, 5.41) is 13.5. The Labute approximate surface area is 207 Å². The number of hydrogen-bond donors (Lipinski definition) is 3. The number of anilines is 3. The number of carbonyl (C=O) groups is 1. The standard InChI is InChI=1S/C24H31FN8O3/c1-26-21-12-20(28-18-4-3-9-32(24(18)35)15-7-10-31(14-15)11-8-25)30-22-16(13-27-33(21)22)23(34)29-17-5-6-19(17)36-2/h3-4,9,12-13,15,17,19,26H,5-8,10-11,14H2,1-2H3,(H,28,30)(H,29,34)/t15-,17?,19?/m1/s1. The van der Waals surface area contributed by atoms with Crippen molar-refractivity contribution in [2.45, 2.75) is 37.5 Å². The van der Waals surface area contributed by atoms with Crippen molar-refractivity contribution in [1.29, 1.82) is 0 Å². The molecule has 0 radical (unpaired) electrons. The fourth-order valence-electron chi connectivity index (χ4n) is 4.92. The van der Waals surface area contributed by atoms with E-state index < -0.39 is 6.67 Å². The molecule has 2 aliphatic rings. The van der Waals surface area contributed by atoms with E-state index in [1.807, 2.05) is 11.0 Å². The minimum absolute atomic E-state index is 0.0121. The van der Waals surface area contributed by atoms with E-state index in [1.54, 1.807) is 41.6 Å². The molecule has 12 heteroatoms. The van der Waals surface area contributed by atoms with Gasteiger partial charge in [-0.25, -0.2) is 9.37 Å². The Kier molecular flexibility index (Phi) is 6.88. The zero-order valence-electron chi connectivity index (χ0n) is 20.4. The molecular formula is C24H31FN8O3. The Balaban J connectivity index is 1.41. The van der Waals surface area contributed by atoms with Gasteiger partial charge in [-0.15, -0.1) is 0 Å². The van der Waals surface area contributed by atoms with Gasteiger partial charge in [0.2, 0.25) is 0 Å². The molecule has 36 heavy (non-hydrogen) atoms. The van der Waals surface area contributed by atoms with E-state index in [9.17, 15) is 14.0 Å². The summed E-state index contributed by atoms with van der Waals surface area (Å²) < 4.78 is 21.4. The van der Waals surface area contributed by atoms with E-state index in [1.165, 1.54) is 6.20 Å². The lowest BCUT2D eigenvalue weighted by Crippen LogP contribution is -2.51. The lowest BCUT2D eigenvalue weighted by atomic mass is 9.89. The minimum atomic E-state index is -0.395. The van der Waals surface area contributed by atoms with Crippen molar-refractivity contribution in [3.05, 3.63) is 46.5 Å². The van der Waals surface area contributed by atoms with Gasteiger partial charge in [0.05, 0.1) is 24.4 Å². The zero-order valence-corrected chi connectivity index (χ0v) is 20.4. The van der Waals surface area contributed by atoms with Crippen LogP contribution in [0.2, 0.25) is 0 Å². The number of likely N-dealkylation sites (tertiary alicyclic amines) is 1. The van der Waals surface area contributed by atoms with Crippen molar-refractivity contribution in [1.82, 2.24) is 29.4 Å². The van der Waals surface area contributed by atoms with Gasteiger partial charge in [0, 0.05) is 46.1 Å². The number of carbonyl (C=O) groups excluding carboxylic acids is 1. The number of alkyl halides is 1. The minimum Gasteiger partial charge on any atom is -0.379 e. The van der Waals surface area contributed by atoms with E-state index in [4.69, 9.17) is 4.74 Å². The zero-order chi connectivity index (χ0) is 25.2. The van der Waals surface area contributed by atoms with Crippen LogP contribution < -0.4 is 21.5 Å². The molecule has 1 aliphatic heterocycles. The van der Waals surface area contributed by atoms with Gasteiger partial charge in [-0.3, -0.25) is 14.5 Å². The maximum atomic E-state index is 13.3. The number of amides is 1. The number of ether oxygens (including phenoxy) is 1. The third kappa shape index (κ3) is 4.53. The molecule has 0 aromatic carbocycles. The van der Waals surface area contributed by atoms with Gasteiger partial charge in [-0.2, -0.15) is 9.61 Å². The average molecular weight is 499 g/mol. The third-order valence-corrected chi connectivity index (χ3v) is 7.08. The molecule has 1 aliphatic carbocycles. The fourth-order valence-corrected chi connectivity index (χ4v) is 4.92. The van der Waals surface area contributed by atoms with Crippen molar-refractivity contribution in [2.75, 3.05) is 51.1 Å². The summed E-state index contributed by atoms with van der Waals surface area (Å²) >= 11 is 0. The summed E-state index contributed by atoms with van der Waals surface area (Å²) in [5.41, 5.74) is 0.882. The molecule has 0 bridgehead atoms. The van der Waals surface area contributed by atoms with Crippen LogP contribution in [0.3, 0.4) is 0 Å². The summed E-state index contributed by atoms with van der Waals surface area (Å²) in [4.78, 5) is 32.9. The van der Waals surface area contributed by atoms with E-state index in [2.05, 4.69) is 26.0 Å². The first kappa shape index (κ1) is 24.2. The van der Waals surface area contributed by atoms with E-state index in [-0.39, 0.29) is 29.7 Å². The highest BCUT2D eigenvalue weighted by Crippen LogP contribution is 2.25. The molecule has 3 N–H and O–H groups in total. The molecular weight excluding hydrogens is 467 g/mol. The number of aromatic nitrogens is 4. The number of pyridine rings is 1. The molecule has 192 valence electrons. The van der Waals surface area contributed by atoms with Crippen LogP contribution in [-0.2, 0) is 4.74 Å². The van der Waals surface area contributed by atoms with Crippen molar-refractivity contribution in [2.24, 2.45) is 0 Å². The van der Waals surface area contributed by atoms with Crippen LogP contribution in [0.15, 0.2) is 35.4 Å². The maximum absolute atomic E-state index is 13.3. The van der Waals surface area contributed by atoms with Crippen LogP contribution in [-0.4, -0.2) is 82.6 Å². The number of hydrogen-bond acceptors (Lipinski definition) is 8. The number of nitrogens with zero attached hydrogens (tertiary/aromatic N) is 5. The molecule has 2 fully saturated rings. The van der Waals surface area contributed by atoms with Crippen LogP contribution in [0.5, 0.6) is 0 Å². The topological polar surface area (TPSA) is 118 Å². The molecule has 3 atom stereocenters. The number of nitrogens with one attached hydrogen (secondary N) is 3. The Hall–Kier alpha value is -3.51. The highest BCUT2D eigenvalue weighted by molar-refractivity contribution is 6.00. The summed E-state index contributed by atoms with van der Waals surface area (Å²) in [5.74, 6) is 0.735. The summed E-state index contributed by atoms with van der Waals surface area (Å²) in [7, 11) is 3.39. The molecule has 1 saturated carbocycles. The lowest BCUT2D eigenvalue weighted by Gasteiger charge is -2.35. The number of methoxy groups -OCH3 is 1. The third-order valence-electron chi connectivity index (χ3n) is 7.08. The van der Waals surface area contributed by atoms with Gasteiger partial charge >= 0.3 is 0 Å². The van der Waals surface area contributed by atoms with E-state index >= 15 is 0 Å². The quantitative estimate of drug-likeness (QED) is 0.409. The Morgan fingerprint density at radius 3 is 2.89 bits per heavy atom. The predicted octanol–water partition coefficient (Wildman–Crippen LogP) is 1.80. The SMILES string of the molecule is CNc1cc(Nc2cccn([C@@H]3CCN(CCF)C3)c2=O)nc2c(C(=O)NC3CCC3OC)cnn12. The van der Waals surface area contributed by atoms with Crippen LogP contribution in [0, 0.1) is 0 Å². The molecule has 5 rings (SSSR count). The first-order chi connectivity index (χ1) is 17.5. The Morgan fingerprint density at radius 2 is 2.17 bits per heavy atom. The van der Waals surface area contributed by atoms with Gasteiger partial charge in [0.1, 0.15) is 29.6 Å². The molecule has 11 nitrogen and oxygen atoms in total. The van der Waals surface area contributed by atoms with Crippen molar-refractivity contribution in [3.8, 4) is 0 Å². The molecule has 2 unspecified atom stereocenters. The highest BCUT2D eigenvalue weighted by atomic mass is 19.1. The summed E-state index contributed by atoms with van der Waals surface area (Å²) in [6.07, 6.45) is 5.82. The van der Waals surface area contributed by atoms with Gasteiger partial charge in [-0.05, 0) is 31.4 Å². The normalized spacial score (nSPS) is 21.9. The second-order valence-corrected chi connectivity index (χ2v) is 9.19. The van der Waals surface area contributed by atoms with Crippen LogP contribution in [0.1, 0.15) is 35.7 Å². The highest BCUT2D eigenvalue weighted by Gasteiger charge is 2.33. The first-order valence-corrected chi connectivity index (χ1v) is 12.2. The van der Waals surface area contributed by atoms with Crippen LogP contribution in [0.25, 0.3) is 5.65 Å². The molecule has 4 heterocycles. The van der Waals surface area contributed by atoms with Crippen LogP contribution >= 0.6 is 0 Å². The van der Waals surface area contributed by atoms with Gasteiger partial charge in [-0.1, -0.05) is 0 Å². The van der Waals surface area contributed by atoms with Crippen LogP contribution in [0.4, 0.5) is 21.7 Å². The monoisotopic (exact) mass is 498 g/mol. The molecule has 1 amide bonds. The average Bonchev–Trinajstić information content (AvgIpc) is 3.50. The summed E-state index contributed by atoms with van der Waals surface area (Å²) in [6.45, 7) is 1.39. The van der Waals surface area contributed by atoms with E-state index in [0.717, 1.165) is 25.8 Å². The largest absolute Gasteiger partial charge is 0.379 e. The predicted molar refractivity (Wildman–Crippen MR) is 134 cm³/mol. The molecule has 0 spiro atoms. The smallest absolute Gasteiger partial charge is 0.274 e. The number of rotatable bonds is 9. The molecule has 1 saturated heterocycles. The second kappa shape index (κ2) is 10.2. The molecule has 3 aromatic rings. The molecule has 3 aromatic heterocycles. The van der Waals surface area contributed by atoms with E-state index in [0.29, 0.717) is 41.6 Å². The van der Waals surface area contributed by atoms with Gasteiger partial charge < -0.3 is 25.3 Å². The lowest BCUT2D eigenvalue weighted by molar-refractivity contribution is 0.00732. The van der Waals surface area contributed by atoms with Gasteiger partial charge in [0.15, 0.2) is 5.65 Å². The fraction of sp³-hybridized carbons (Fsp3) is 0.500.